The van der Waals surface area contributed by atoms with Crippen LogP contribution < -0.4 is 11.0 Å². The lowest BCUT2D eigenvalue weighted by atomic mass is 10.2. The normalized spacial score (nSPS) is 10.7. The van der Waals surface area contributed by atoms with Crippen molar-refractivity contribution in [1.82, 2.24) is 15.4 Å². The molecule has 0 saturated carbocycles. The molecule has 0 atom stereocenters. The molecule has 0 radical (unpaired) electrons. The maximum absolute atomic E-state index is 12.0. The van der Waals surface area contributed by atoms with Crippen molar-refractivity contribution in [2.45, 2.75) is 25.9 Å². The molecule has 2 aromatic carbocycles. The highest BCUT2D eigenvalue weighted by atomic mass is 16.6. The van der Waals surface area contributed by atoms with Gasteiger partial charge in [-0.15, -0.1) is 0 Å². The third-order valence-electron chi connectivity index (χ3n) is 3.75. The van der Waals surface area contributed by atoms with E-state index in [2.05, 4.69) is 15.4 Å². The minimum absolute atomic E-state index is 0.156. The number of rotatable bonds is 7. The number of aryl methyl sites for hydroxylation is 1. The highest BCUT2D eigenvalue weighted by molar-refractivity contribution is 5.77. The summed E-state index contributed by atoms with van der Waals surface area (Å²) < 4.78 is 0. The van der Waals surface area contributed by atoms with E-state index in [1.165, 1.54) is 0 Å². The summed E-state index contributed by atoms with van der Waals surface area (Å²) in [5.41, 5.74) is 3.92. The highest BCUT2D eigenvalue weighted by Crippen LogP contribution is 2.07. The zero-order valence-electron chi connectivity index (χ0n) is 13.7. The number of nitrogens with zero attached hydrogens (tertiary/aromatic N) is 1. The van der Waals surface area contributed by atoms with Crippen molar-refractivity contribution >= 4 is 16.8 Å². The van der Waals surface area contributed by atoms with Crippen LogP contribution in [0.4, 0.5) is 0 Å². The number of hydroxylamine groups is 1. The second kappa shape index (κ2) is 8.21. The summed E-state index contributed by atoms with van der Waals surface area (Å²) in [5.74, 6) is 0.390. The van der Waals surface area contributed by atoms with Gasteiger partial charge in [0.2, 0.25) is 5.91 Å². The van der Waals surface area contributed by atoms with E-state index < -0.39 is 0 Å². The van der Waals surface area contributed by atoms with Crippen LogP contribution in [0.5, 0.6) is 0 Å². The fourth-order valence-electron chi connectivity index (χ4n) is 2.49. The molecule has 3 rings (SSSR count). The standard InChI is InChI=1S/C19H19N3O3/c23-18(22-25-13-14-7-2-1-3-8-14)12-6-11-17-20-16-10-5-4-9-15(16)19(24)21-17/h1-5,7-10H,6,11-13H2,(H,22,23)(H,20,21,24). The molecule has 0 fully saturated rings. The Bertz CT molecular complexity index is 906. The lowest BCUT2D eigenvalue weighted by Gasteiger charge is -2.06. The largest absolute Gasteiger partial charge is 0.310 e. The molecule has 2 N–H and O–H groups in total. The molecule has 1 aromatic heterocycles. The number of nitrogens with one attached hydrogen (secondary N) is 2. The zero-order chi connectivity index (χ0) is 17.5. The molecule has 128 valence electrons. The van der Waals surface area contributed by atoms with Crippen molar-refractivity contribution in [3.8, 4) is 0 Å². The van der Waals surface area contributed by atoms with Gasteiger partial charge in [0.15, 0.2) is 0 Å². The quantitative estimate of drug-likeness (QED) is 0.649. The first kappa shape index (κ1) is 16.9. The van der Waals surface area contributed by atoms with Crippen molar-refractivity contribution in [2.75, 3.05) is 0 Å². The van der Waals surface area contributed by atoms with Gasteiger partial charge in [0.05, 0.1) is 17.5 Å². The monoisotopic (exact) mass is 337 g/mol. The van der Waals surface area contributed by atoms with Crippen LogP contribution >= 0.6 is 0 Å². The van der Waals surface area contributed by atoms with Gasteiger partial charge in [-0.1, -0.05) is 42.5 Å². The van der Waals surface area contributed by atoms with Gasteiger partial charge >= 0.3 is 0 Å². The fraction of sp³-hybridized carbons (Fsp3) is 0.211. The number of benzene rings is 2. The topological polar surface area (TPSA) is 84.1 Å². The van der Waals surface area contributed by atoms with Crippen LogP contribution in [-0.4, -0.2) is 15.9 Å². The SMILES string of the molecule is O=C(CCCc1nc2ccccc2c(=O)[nH]1)NOCc1ccccc1. The van der Waals surface area contributed by atoms with Crippen molar-refractivity contribution in [3.63, 3.8) is 0 Å². The van der Waals surface area contributed by atoms with E-state index in [4.69, 9.17) is 4.84 Å². The molecule has 1 amide bonds. The van der Waals surface area contributed by atoms with E-state index in [0.29, 0.717) is 42.6 Å². The van der Waals surface area contributed by atoms with Gasteiger partial charge in [-0.3, -0.25) is 14.4 Å². The summed E-state index contributed by atoms with van der Waals surface area (Å²) in [6, 6.07) is 16.8. The molecule has 0 saturated heterocycles. The predicted octanol–water partition coefficient (Wildman–Crippen LogP) is 2.49. The average molecular weight is 337 g/mol. The van der Waals surface area contributed by atoms with Crippen molar-refractivity contribution in [1.29, 1.82) is 0 Å². The van der Waals surface area contributed by atoms with Crippen molar-refractivity contribution < 1.29 is 9.63 Å². The number of carbonyl (C=O) groups is 1. The van der Waals surface area contributed by atoms with E-state index in [1.807, 2.05) is 36.4 Å². The number of amides is 1. The number of para-hydroxylation sites is 1. The number of aromatic amines is 1. The van der Waals surface area contributed by atoms with Crippen LogP contribution in [0, 0.1) is 0 Å². The fourth-order valence-corrected chi connectivity index (χ4v) is 2.49. The first-order valence-electron chi connectivity index (χ1n) is 8.15. The Kier molecular flexibility index (Phi) is 5.53. The maximum Gasteiger partial charge on any atom is 0.258 e. The smallest absolute Gasteiger partial charge is 0.258 e. The van der Waals surface area contributed by atoms with E-state index in [-0.39, 0.29) is 11.5 Å². The molecule has 0 aliphatic carbocycles. The van der Waals surface area contributed by atoms with Crippen LogP contribution in [0.1, 0.15) is 24.2 Å². The van der Waals surface area contributed by atoms with Crippen LogP contribution in [0.2, 0.25) is 0 Å². The molecule has 6 heteroatoms. The number of H-pyrrole nitrogens is 1. The van der Waals surface area contributed by atoms with Crippen molar-refractivity contribution in [3.05, 3.63) is 76.3 Å². The second-order valence-corrected chi connectivity index (χ2v) is 5.68. The molecule has 0 spiro atoms. The van der Waals surface area contributed by atoms with Gasteiger partial charge < -0.3 is 4.98 Å². The third kappa shape index (κ3) is 4.74. The van der Waals surface area contributed by atoms with Gasteiger partial charge in [0.1, 0.15) is 5.82 Å². The highest BCUT2D eigenvalue weighted by Gasteiger charge is 2.06. The summed E-state index contributed by atoms with van der Waals surface area (Å²) in [7, 11) is 0. The number of hydrogen-bond donors (Lipinski definition) is 2. The number of hydrogen-bond acceptors (Lipinski definition) is 4. The minimum atomic E-state index is -0.195. The third-order valence-corrected chi connectivity index (χ3v) is 3.75. The first-order valence-corrected chi connectivity index (χ1v) is 8.15. The Morgan fingerprint density at radius 2 is 1.84 bits per heavy atom. The van der Waals surface area contributed by atoms with Crippen LogP contribution in [0.25, 0.3) is 10.9 Å². The van der Waals surface area contributed by atoms with Crippen molar-refractivity contribution in [2.24, 2.45) is 0 Å². The van der Waals surface area contributed by atoms with E-state index in [9.17, 15) is 9.59 Å². The number of aromatic nitrogens is 2. The summed E-state index contributed by atoms with van der Waals surface area (Å²) in [4.78, 5) is 36.1. The Morgan fingerprint density at radius 3 is 2.68 bits per heavy atom. The van der Waals surface area contributed by atoms with Crippen LogP contribution in [0.3, 0.4) is 0 Å². The lowest BCUT2D eigenvalue weighted by molar-refractivity contribution is -0.134. The van der Waals surface area contributed by atoms with E-state index >= 15 is 0 Å². The molecule has 0 aliphatic rings. The van der Waals surface area contributed by atoms with Crippen LogP contribution in [-0.2, 0) is 22.7 Å². The molecular weight excluding hydrogens is 318 g/mol. The van der Waals surface area contributed by atoms with Crippen LogP contribution in [0.15, 0.2) is 59.4 Å². The molecule has 0 aliphatic heterocycles. The van der Waals surface area contributed by atoms with E-state index in [1.54, 1.807) is 18.2 Å². The molecule has 3 aromatic rings. The average Bonchev–Trinajstić information content (AvgIpc) is 2.63. The number of carbonyl (C=O) groups excluding carboxylic acids is 1. The summed E-state index contributed by atoms with van der Waals surface area (Å²) in [5, 5.41) is 0.568. The second-order valence-electron chi connectivity index (χ2n) is 5.68. The van der Waals surface area contributed by atoms with Gasteiger partial charge in [0.25, 0.3) is 5.56 Å². The maximum atomic E-state index is 12.0. The minimum Gasteiger partial charge on any atom is -0.310 e. The Hall–Kier alpha value is -2.99. The van der Waals surface area contributed by atoms with Gasteiger partial charge in [-0.25, -0.2) is 10.5 Å². The van der Waals surface area contributed by atoms with E-state index in [0.717, 1.165) is 5.56 Å². The Morgan fingerprint density at radius 1 is 1.08 bits per heavy atom. The summed E-state index contributed by atoms with van der Waals surface area (Å²) >= 11 is 0. The Balaban J connectivity index is 1.45. The molecule has 1 heterocycles. The number of fused-ring (bicyclic) bond motifs is 1. The van der Waals surface area contributed by atoms with Gasteiger partial charge in [-0.2, -0.15) is 0 Å². The first-order chi connectivity index (χ1) is 12.2. The Labute approximate surface area is 144 Å². The molecule has 0 unspecified atom stereocenters. The summed E-state index contributed by atoms with van der Waals surface area (Å²) in [6.07, 6.45) is 1.39. The molecule has 25 heavy (non-hydrogen) atoms. The molecule has 6 nitrogen and oxygen atoms in total. The molecule has 0 bridgehead atoms. The van der Waals surface area contributed by atoms with Gasteiger partial charge in [0, 0.05) is 12.8 Å². The molecular formula is C19H19N3O3. The van der Waals surface area contributed by atoms with Gasteiger partial charge in [-0.05, 0) is 24.1 Å². The predicted molar refractivity (Wildman–Crippen MR) is 94.7 cm³/mol. The summed E-state index contributed by atoms with van der Waals surface area (Å²) in [6.45, 7) is 0.326. The zero-order valence-corrected chi connectivity index (χ0v) is 13.7. The lowest BCUT2D eigenvalue weighted by Crippen LogP contribution is -2.23.